The van der Waals surface area contributed by atoms with E-state index >= 15 is 0 Å². The van der Waals surface area contributed by atoms with Gasteiger partial charge in [-0.2, -0.15) is 5.26 Å². The quantitative estimate of drug-likeness (QED) is 0.676. The lowest BCUT2D eigenvalue weighted by Crippen LogP contribution is -2.52. The Morgan fingerprint density at radius 3 is 2.73 bits per heavy atom. The molecule has 0 radical (unpaired) electrons. The molecule has 7 heteroatoms. The van der Waals surface area contributed by atoms with Gasteiger partial charge in [0.05, 0.1) is 11.6 Å². The van der Waals surface area contributed by atoms with Crippen LogP contribution in [0.1, 0.15) is 11.1 Å². The van der Waals surface area contributed by atoms with Crippen LogP contribution in [0.15, 0.2) is 47.6 Å². The van der Waals surface area contributed by atoms with E-state index in [4.69, 9.17) is 5.26 Å². The third-order valence-electron chi connectivity index (χ3n) is 4.38. The fraction of sp³-hybridized carbons (Fsp3) is 0.316. The number of piperazine rings is 1. The van der Waals surface area contributed by atoms with Gasteiger partial charge in [-0.1, -0.05) is 6.07 Å². The van der Waals surface area contributed by atoms with Crippen LogP contribution in [0.2, 0.25) is 0 Å². The van der Waals surface area contributed by atoms with Crippen molar-refractivity contribution in [3.05, 3.63) is 59.5 Å². The summed E-state index contributed by atoms with van der Waals surface area (Å²) in [5, 5.41) is 12.2. The summed E-state index contributed by atoms with van der Waals surface area (Å²) in [5.41, 5.74) is 0.902. The van der Waals surface area contributed by atoms with Crippen molar-refractivity contribution < 1.29 is 4.39 Å². The van der Waals surface area contributed by atoms with Gasteiger partial charge in [0, 0.05) is 51.5 Å². The number of nitrogens with one attached hydrogen (secondary N) is 1. The minimum absolute atomic E-state index is 0.286. The molecule has 1 fully saturated rings. The molecule has 3 rings (SSSR count). The molecule has 1 saturated heterocycles. The molecular formula is C19H21FN6. The normalized spacial score (nSPS) is 14.9. The van der Waals surface area contributed by atoms with Gasteiger partial charge in [-0.25, -0.2) is 9.37 Å². The molecule has 0 aliphatic carbocycles. The van der Waals surface area contributed by atoms with E-state index in [0.29, 0.717) is 11.1 Å². The summed E-state index contributed by atoms with van der Waals surface area (Å²) < 4.78 is 13.9. The maximum Gasteiger partial charge on any atom is 0.194 e. The van der Waals surface area contributed by atoms with Crippen LogP contribution in [0.5, 0.6) is 0 Å². The fourth-order valence-electron chi connectivity index (χ4n) is 2.97. The lowest BCUT2D eigenvalue weighted by atomic mass is 10.1. The van der Waals surface area contributed by atoms with Crippen molar-refractivity contribution in [2.45, 2.75) is 6.54 Å². The third kappa shape index (κ3) is 4.09. The second kappa shape index (κ2) is 8.30. The van der Waals surface area contributed by atoms with E-state index in [2.05, 4.69) is 25.1 Å². The fourth-order valence-corrected chi connectivity index (χ4v) is 2.97. The predicted molar refractivity (Wildman–Crippen MR) is 99.3 cm³/mol. The van der Waals surface area contributed by atoms with E-state index < -0.39 is 0 Å². The standard InChI is InChI=1S/C19H21FN6/c1-22-19(24-14-16-12-15(13-21)5-6-17(16)20)26-10-8-25(9-11-26)18-4-2-3-7-23-18/h2-7,12H,8-11,14H2,1H3,(H,22,24). The second-order valence-corrected chi connectivity index (χ2v) is 5.98. The number of guanidine groups is 1. The first-order chi connectivity index (χ1) is 12.7. The van der Waals surface area contributed by atoms with Crippen LogP contribution in [-0.2, 0) is 6.54 Å². The Balaban J connectivity index is 1.58. The topological polar surface area (TPSA) is 67.6 Å². The number of anilines is 1. The van der Waals surface area contributed by atoms with Gasteiger partial charge in [0.1, 0.15) is 11.6 Å². The van der Waals surface area contributed by atoms with E-state index in [-0.39, 0.29) is 12.4 Å². The number of halogens is 1. The van der Waals surface area contributed by atoms with Crippen LogP contribution >= 0.6 is 0 Å². The lowest BCUT2D eigenvalue weighted by Gasteiger charge is -2.37. The van der Waals surface area contributed by atoms with Gasteiger partial charge in [-0.05, 0) is 30.3 Å². The number of rotatable bonds is 3. The van der Waals surface area contributed by atoms with Crippen LogP contribution in [0.3, 0.4) is 0 Å². The zero-order chi connectivity index (χ0) is 18.4. The monoisotopic (exact) mass is 352 g/mol. The molecule has 2 heterocycles. The number of benzene rings is 1. The minimum Gasteiger partial charge on any atom is -0.353 e. The maximum atomic E-state index is 13.9. The zero-order valence-electron chi connectivity index (χ0n) is 14.7. The molecule has 1 aliphatic heterocycles. The van der Waals surface area contributed by atoms with Crippen LogP contribution in [0, 0.1) is 17.1 Å². The highest BCUT2D eigenvalue weighted by atomic mass is 19.1. The summed E-state index contributed by atoms with van der Waals surface area (Å²) in [4.78, 5) is 13.1. The Hall–Kier alpha value is -3.14. The van der Waals surface area contributed by atoms with Crippen molar-refractivity contribution in [1.29, 1.82) is 5.26 Å². The van der Waals surface area contributed by atoms with E-state index in [1.165, 1.54) is 12.1 Å². The molecule has 1 aliphatic rings. The summed E-state index contributed by atoms with van der Waals surface area (Å²) >= 11 is 0. The van der Waals surface area contributed by atoms with Crippen molar-refractivity contribution in [2.24, 2.45) is 4.99 Å². The van der Waals surface area contributed by atoms with Crippen molar-refractivity contribution in [1.82, 2.24) is 15.2 Å². The number of nitrogens with zero attached hydrogens (tertiary/aromatic N) is 5. The third-order valence-corrected chi connectivity index (χ3v) is 4.38. The highest BCUT2D eigenvalue weighted by Crippen LogP contribution is 2.13. The van der Waals surface area contributed by atoms with Crippen molar-refractivity contribution in [3.63, 3.8) is 0 Å². The van der Waals surface area contributed by atoms with E-state index in [0.717, 1.165) is 38.0 Å². The van der Waals surface area contributed by atoms with Crippen LogP contribution in [0.25, 0.3) is 0 Å². The molecule has 6 nitrogen and oxygen atoms in total. The van der Waals surface area contributed by atoms with E-state index in [1.54, 1.807) is 19.3 Å². The summed E-state index contributed by atoms with van der Waals surface area (Å²) in [6.45, 7) is 3.58. The molecule has 26 heavy (non-hydrogen) atoms. The molecular weight excluding hydrogens is 331 g/mol. The van der Waals surface area contributed by atoms with Gasteiger partial charge in [-0.3, -0.25) is 4.99 Å². The van der Waals surface area contributed by atoms with Crippen molar-refractivity contribution in [2.75, 3.05) is 38.1 Å². The summed E-state index contributed by atoms with van der Waals surface area (Å²) in [7, 11) is 1.72. The average Bonchev–Trinajstić information content (AvgIpc) is 2.71. The summed E-state index contributed by atoms with van der Waals surface area (Å²) in [6, 6.07) is 12.3. The Morgan fingerprint density at radius 2 is 2.08 bits per heavy atom. The summed E-state index contributed by atoms with van der Waals surface area (Å²) in [6.07, 6.45) is 1.80. The van der Waals surface area contributed by atoms with E-state index in [9.17, 15) is 4.39 Å². The van der Waals surface area contributed by atoms with Crippen molar-refractivity contribution >= 4 is 11.8 Å². The van der Waals surface area contributed by atoms with Crippen LogP contribution in [-0.4, -0.2) is 49.1 Å². The van der Waals surface area contributed by atoms with Gasteiger partial charge in [-0.15, -0.1) is 0 Å². The SMILES string of the molecule is CN=C(NCc1cc(C#N)ccc1F)N1CCN(c2ccccn2)CC1. The van der Waals surface area contributed by atoms with Gasteiger partial charge < -0.3 is 15.1 Å². The van der Waals surface area contributed by atoms with Gasteiger partial charge in [0.15, 0.2) is 5.96 Å². The Labute approximate surface area is 152 Å². The Morgan fingerprint density at radius 1 is 1.27 bits per heavy atom. The number of hydrogen-bond acceptors (Lipinski definition) is 4. The zero-order valence-corrected chi connectivity index (χ0v) is 14.7. The molecule has 0 amide bonds. The van der Waals surface area contributed by atoms with Crippen molar-refractivity contribution in [3.8, 4) is 6.07 Å². The molecule has 0 bridgehead atoms. The van der Waals surface area contributed by atoms with Gasteiger partial charge >= 0.3 is 0 Å². The smallest absolute Gasteiger partial charge is 0.194 e. The first kappa shape index (κ1) is 17.7. The van der Waals surface area contributed by atoms with Gasteiger partial charge in [0.2, 0.25) is 0 Å². The Bertz CT molecular complexity index is 807. The average molecular weight is 352 g/mol. The molecule has 1 N–H and O–H groups in total. The number of nitriles is 1. The highest BCUT2D eigenvalue weighted by molar-refractivity contribution is 5.80. The number of aromatic nitrogens is 1. The maximum absolute atomic E-state index is 13.9. The second-order valence-electron chi connectivity index (χ2n) is 5.98. The Kier molecular flexibility index (Phi) is 5.64. The predicted octanol–water partition coefficient (Wildman–Crippen LogP) is 1.99. The lowest BCUT2D eigenvalue weighted by molar-refractivity contribution is 0.371. The first-order valence-electron chi connectivity index (χ1n) is 8.51. The molecule has 1 aromatic carbocycles. The molecule has 0 spiro atoms. The van der Waals surface area contributed by atoms with E-state index in [1.807, 2.05) is 24.3 Å². The molecule has 1 aromatic heterocycles. The first-order valence-corrected chi connectivity index (χ1v) is 8.51. The molecule has 0 unspecified atom stereocenters. The van der Waals surface area contributed by atoms with Gasteiger partial charge in [0.25, 0.3) is 0 Å². The number of aliphatic imine (C=N–C) groups is 1. The highest BCUT2D eigenvalue weighted by Gasteiger charge is 2.20. The molecule has 2 aromatic rings. The van der Waals surface area contributed by atoms with Crippen LogP contribution < -0.4 is 10.2 Å². The van der Waals surface area contributed by atoms with Crippen LogP contribution in [0.4, 0.5) is 10.2 Å². The minimum atomic E-state index is -0.327. The molecule has 0 atom stereocenters. The largest absolute Gasteiger partial charge is 0.353 e. The molecule has 134 valence electrons. The number of hydrogen-bond donors (Lipinski definition) is 1. The summed E-state index contributed by atoms with van der Waals surface area (Å²) in [5.74, 6) is 1.38. The number of pyridine rings is 1. The molecule has 0 saturated carbocycles.